The largest absolute Gasteiger partial charge is 0.481 e. The van der Waals surface area contributed by atoms with Gasteiger partial charge in [0.1, 0.15) is 0 Å². The van der Waals surface area contributed by atoms with Gasteiger partial charge in [0.05, 0.1) is 0 Å². The van der Waals surface area contributed by atoms with Crippen LogP contribution < -0.4 is 5.32 Å². The van der Waals surface area contributed by atoms with E-state index in [0.717, 1.165) is 25.9 Å². The number of rotatable bonds is 7. The number of carboxylic acid groups (broad SMARTS) is 1. The second-order valence-electron chi connectivity index (χ2n) is 7.44. The van der Waals surface area contributed by atoms with Crippen LogP contribution in [0.25, 0.3) is 0 Å². The van der Waals surface area contributed by atoms with Crippen molar-refractivity contribution < 1.29 is 9.90 Å². The molecule has 1 saturated carbocycles. The number of nitrogens with zero attached hydrogens (tertiary/aromatic N) is 1. The molecule has 0 spiro atoms. The maximum absolute atomic E-state index is 10.9. The van der Waals surface area contributed by atoms with Gasteiger partial charge in [-0.05, 0) is 44.9 Å². The van der Waals surface area contributed by atoms with Crippen molar-refractivity contribution in [3.8, 4) is 0 Å². The van der Waals surface area contributed by atoms with E-state index in [0.29, 0.717) is 30.5 Å². The van der Waals surface area contributed by atoms with E-state index in [-0.39, 0.29) is 0 Å². The topological polar surface area (TPSA) is 52.6 Å². The van der Waals surface area contributed by atoms with E-state index in [1.807, 2.05) is 0 Å². The summed E-state index contributed by atoms with van der Waals surface area (Å²) in [6, 6.07) is 1.84. The van der Waals surface area contributed by atoms with Gasteiger partial charge in [-0.2, -0.15) is 0 Å². The highest BCUT2D eigenvalue weighted by Crippen LogP contribution is 2.26. The molecule has 2 N–H and O–H groups in total. The van der Waals surface area contributed by atoms with Gasteiger partial charge in [0, 0.05) is 37.6 Å². The third-order valence-electron chi connectivity index (χ3n) is 5.62. The average molecular weight is 310 g/mol. The first-order valence-corrected chi connectivity index (χ1v) is 9.30. The van der Waals surface area contributed by atoms with Crippen molar-refractivity contribution in [1.82, 2.24) is 10.2 Å². The standard InChI is InChI=1S/C18H34N2O2/c1-3-14(2)20-12-15(9-10-18(21)22)11-17(13-20)19-16-7-5-4-6-8-16/h14-17,19H,3-13H2,1-2H3,(H,21,22). The molecule has 4 nitrogen and oxygen atoms in total. The summed E-state index contributed by atoms with van der Waals surface area (Å²) in [4.78, 5) is 13.5. The number of carbonyl (C=O) groups is 1. The van der Waals surface area contributed by atoms with E-state index in [2.05, 4.69) is 24.1 Å². The predicted molar refractivity (Wildman–Crippen MR) is 90.1 cm³/mol. The van der Waals surface area contributed by atoms with Crippen molar-refractivity contribution in [2.75, 3.05) is 13.1 Å². The molecular formula is C18H34N2O2. The molecule has 0 aromatic rings. The fourth-order valence-corrected chi connectivity index (χ4v) is 4.12. The molecule has 3 atom stereocenters. The first kappa shape index (κ1) is 17.7. The fraction of sp³-hybridized carbons (Fsp3) is 0.944. The molecule has 2 rings (SSSR count). The van der Waals surface area contributed by atoms with E-state index < -0.39 is 5.97 Å². The maximum Gasteiger partial charge on any atom is 0.303 e. The monoisotopic (exact) mass is 310 g/mol. The molecule has 0 amide bonds. The van der Waals surface area contributed by atoms with Gasteiger partial charge in [0.2, 0.25) is 0 Å². The van der Waals surface area contributed by atoms with Crippen molar-refractivity contribution >= 4 is 5.97 Å². The minimum atomic E-state index is -0.655. The van der Waals surface area contributed by atoms with Crippen molar-refractivity contribution in [3.05, 3.63) is 0 Å². The Balaban J connectivity index is 1.90. The van der Waals surface area contributed by atoms with Crippen LogP contribution in [0, 0.1) is 5.92 Å². The lowest BCUT2D eigenvalue weighted by molar-refractivity contribution is -0.137. The highest BCUT2D eigenvalue weighted by molar-refractivity contribution is 5.66. The Kier molecular flexibility index (Phi) is 7.16. The third kappa shape index (κ3) is 5.54. The summed E-state index contributed by atoms with van der Waals surface area (Å²) in [7, 11) is 0. The van der Waals surface area contributed by atoms with E-state index in [9.17, 15) is 4.79 Å². The molecule has 2 fully saturated rings. The van der Waals surface area contributed by atoms with Crippen molar-refractivity contribution in [1.29, 1.82) is 0 Å². The second-order valence-corrected chi connectivity index (χ2v) is 7.44. The number of nitrogens with one attached hydrogen (secondary N) is 1. The highest BCUT2D eigenvalue weighted by atomic mass is 16.4. The number of aliphatic carboxylic acids is 1. The minimum Gasteiger partial charge on any atom is -0.481 e. The number of hydrogen-bond acceptors (Lipinski definition) is 3. The van der Waals surface area contributed by atoms with Gasteiger partial charge in [0.15, 0.2) is 0 Å². The van der Waals surface area contributed by atoms with E-state index >= 15 is 0 Å². The first-order valence-electron chi connectivity index (χ1n) is 9.30. The number of hydrogen-bond donors (Lipinski definition) is 2. The quantitative estimate of drug-likeness (QED) is 0.758. The number of piperidine rings is 1. The van der Waals surface area contributed by atoms with Crippen LogP contribution in [0.3, 0.4) is 0 Å². The average Bonchev–Trinajstić information content (AvgIpc) is 2.53. The fourth-order valence-electron chi connectivity index (χ4n) is 4.12. The SMILES string of the molecule is CCC(C)N1CC(CCC(=O)O)CC(NC2CCCCC2)C1. The molecule has 1 aliphatic heterocycles. The summed E-state index contributed by atoms with van der Waals surface area (Å²) < 4.78 is 0. The molecule has 0 aromatic heterocycles. The number of carboxylic acids is 1. The smallest absolute Gasteiger partial charge is 0.303 e. The summed E-state index contributed by atoms with van der Waals surface area (Å²) in [6.07, 6.45) is 10.2. The zero-order valence-electron chi connectivity index (χ0n) is 14.4. The van der Waals surface area contributed by atoms with Crippen LogP contribution in [0.1, 0.15) is 71.6 Å². The summed E-state index contributed by atoms with van der Waals surface area (Å²) in [5.41, 5.74) is 0. The lowest BCUT2D eigenvalue weighted by atomic mass is 9.87. The summed E-state index contributed by atoms with van der Waals surface area (Å²) in [6.45, 7) is 6.76. The minimum absolute atomic E-state index is 0.315. The normalized spacial score (nSPS) is 29.4. The lowest BCUT2D eigenvalue weighted by Gasteiger charge is -2.42. The molecule has 22 heavy (non-hydrogen) atoms. The Morgan fingerprint density at radius 3 is 2.59 bits per heavy atom. The molecule has 0 aromatic carbocycles. The molecule has 2 aliphatic rings. The van der Waals surface area contributed by atoms with Crippen LogP contribution in [-0.4, -0.2) is 47.2 Å². The Labute approximate surface area is 135 Å². The molecule has 3 unspecified atom stereocenters. The predicted octanol–water partition coefficient (Wildman–Crippen LogP) is 3.26. The van der Waals surface area contributed by atoms with Crippen LogP contribution in [-0.2, 0) is 4.79 Å². The molecule has 0 radical (unpaired) electrons. The Morgan fingerprint density at radius 1 is 1.23 bits per heavy atom. The zero-order valence-corrected chi connectivity index (χ0v) is 14.4. The Bertz CT molecular complexity index is 340. The maximum atomic E-state index is 10.9. The van der Waals surface area contributed by atoms with Crippen molar-refractivity contribution in [3.63, 3.8) is 0 Å². The summed E-state index contributed by atoms with van der Waals surface area (Å²) in [5.74, 6) is -0.127. The van der Waals surface area contributed by atoms with Crippen LogP contribution in [0.5, 0.6) is 0 Å². The molecular weight excluding hydrogens is 276 g/mol. The van der Waals surface area contributed by atoms with Crippen LogP contribution >= 0.6 is 0 Å². The molecule has 0 bridgehead atoms. The van der Waals surface area contributed by atoms with Gasteiger partial charge >= 0.3 is 5.97 Å². The van der Waals surface area contributed by atoms with Gasteiger partial charge in [-0.15, -0.1) is 0 Å². The van der Waals surface area contributed by atoms with Gasteiger partial charge in [-0.1, -0.05) is 26.2 Å². The Hall–Kier alpha value is -0.610. The summed E-state index contributed by atoms with van der Waals surface area (Å²) in [5, 5.41) is 12.9. The highest BCUT2D eigenvalue weighted by Gasteiger charge is 2.30. The van der Waals surface area contributed by atoms with Crippen molar-refractivity contribution in [2.45, 2.75) is 89.8 Å². The second kappa shape index (κ2) is 8.88. The van der Waals surface area contributed by atoms with Crippen LogP contribution in [0.2, 0.25) is 0 Å². The molecule has 1 heterocycles. The van der Waals surface area contributed by atoms with Gasteiger partial charge in [-0.3, -0.25) is 9.69 Å². The molecule has 1 aliphatic carbocycles. The molecule has 128 valence electrons. The van der Waals surface area contributed by atoms with Crippen molar-refractivity contribution in [2.24, 2.45) is 5.92 Å². The van der Waals surface area contributed by atoms with E-state index in [1.54, 1.807) is 0 Å². The van der Waals surface area contributed by atoms with Gasteiger partial charge in [-0.25, -0.2) is 0 Å². The molecule has 1 saturated heterocycles. The molecule has 4 heteroatoms. The first-order chi connectivity index (χ1) is 10.6. The zero-order chi connectivity index (χ0) is 15.9. The summed E-state index contributed by atoms with van der Waals surface area (Å²) >= 11 is 0. The number of likely N-dealkylation sites (tertiary alicyclic amines) is 1. The Morgan fingerprint density at radius 2 is 1.95 bits per heavy atom. The van der Waals surface area contributed by atoms with E-state index in [1.165, 1.54) is 38.5 Å². The lowest BCUT2D eigenvalue weighted by Crippen LogP contribution is -2.54. The van der Waals surface area contributed by atoms with Crippen LogP contribution in [0.4, 0.5) is 0 Å². The van der Waals surface area contributed by atoms with Crippen LogP contribution in [0.15, 0.2) is 0 Å². The van der Waals surface area contributed by atoms with Gasteiger partial charge in [0.25, 0.3) is 0 Å². The van der Waals surface area contributed by atoms with Gasteiger partial charge < -0.3 is 10.4 Å². The van der Waals surface area contributed by atoms with E-state index in [4.69, 9.17) is 5.11 Å². The third-order valence-corrected chi connectivity index (χ3v) is 5.62.